The predicted octanol–water partition coefficient (Wildman–Crippen LogP) is 5.05. The van der Waals surface area contributed by atoms with Crippen LogP contribution in [0.3, 0.4) is 0 Å². The third-order valence-electron chi connectivity index (χ3n) is 4.88. The summed E-state index contributed by atoms with van der Waals surface area (Å²) in [7, 11) is 0. The molecule has 1 fully saturated rings. The molecule has 20 heavy (non-hydrogen) atoms. The molecular formula is C18H37NO. The Labute approximate surface area is 126 Å². The lowest BCUT2D eigenvalue weighted by Crippen LogP contribution is -2.34. The maximum atomic E-state index is 6.30. The van der Waals surface area contributed by atoms with Crippen molar-refractivity contribution in [3.8, 4) is 0 Å². The van der Waals surface area contributed by atoms with E-state index in [0.717, 1.165) is 6.61 Å². The Kier molecular flexibility index (Phi) is 10.4. The van der Waals surface area contributed by atoms with Crippen LogP contribution in [0.15, 0.2) is 0 Å². The van der Waals surface area contributed by atoms with Gasteiger partial charge in [0, 0.05) is 18.6 Å². The molecule has 0 bridgehead atoms. The van der Waals surface area contributed by atoms with Gasteiger partial charge in [-0.05, 0) is 19.8 Å². The van der Waals surface area contributed by atoms with Crippen molar-refractivity contribution in [2.45, 2.75) is 103 Å². The highest BCUT2D eigenvalue weighted by molar-refractivity contribution is 4.81. The van der Waals surface area contributed by atoms with Gasteiger partial charge in [0.2, 0.25) is 0 Å². The van der Waals surface area contributed by atoms with Crippen molar-refractivity contribution in [3.05, 3.63) is 0 Å². The number of hydrogen-bond donors (Lipinski definition) is 1. The molecule has 0 aromatic carbocycles. The second-order valence-corrected chi connectivity index (χ2v) is 6.66. The van der Waals surface area contributed by atoms with Crippen molar-refractivity contribution in [2.24, 2.45) is 11.7 Å². The highest BCUT2D eigenvalue weighted by Gasteiger charge is 2.28. The summed E-state index contributed by atoms with van der Waals surface area (Å²) in [6.45, 7) is 5.37. The Balaban J connectivity index is 1.84. The van der Waals surface area contributed by atoms with Crippen LogP contribution in [0.2, 0.25) is 0 Å². The molecule has 2 heteroatoms. The summed E-state index contributed by atoms with van der Waals surface area (Å²) in [6, 6.07) is 0.363. The average molecular weight is 283 g/mol. The van der Waals surface area contributed by atoms with E-state index in [1.165, 1.54) is 77.0 Å². The van der Waals surface area contributed by atoms with E-state index < -0.39 is 0 Å². The molecule has 0 spiro atoms. The summed E-state index contributed by atoms with van der Waals surface area (Å²) in [5.74, 6) is 0.605. The molecule has 2 nitrogen and oxygen atoms in total. The Morgan fingerprint density at radius 1 is 0.950 bits per heavy atom. The molecule has 0 aromatic rings. The van der Waals surface area contributed by atoms with E-state index in [9.17, 15) is 0 Å². The lowest BCUT2D eigenvalue weighted by atomic mass is 9.90. The molecule has 1 rings (SSSR count). The summed E-state index contributed by atoms with van der Waals surface area (Å²) in [6.07, 6.45) is 16.8. The fourth-order valence-electron chi connectivity index (χ4n) is 3.39. The van der Waals surface area contributed by atoms with Crippen molar-refractivity contribution in [1.82, 2.24) is 0 Å². The van der Waals surface area contributed by atoms with Crippen LogP contribution < -0.4 is 5.73 Å². The molecule has 1 saturated heterocycles. The SMILES string of the molecule is CCCCCCCCCCCCC(N)C1CCOC1C. The first-order chi connectivity index (χ1) is 9.75. The van der Waals surface area contributed by atoms with Crippen molar-refractivity contribution in [3.63, 3.8) is 0 Å². The summed E-state index contributed by atoms with van der Waals surface area (Å²) in [4.78, 5) is 0. The molecule has 3 unspecified atom stereocenters. The smallest absolute Gasteiger partial charge is 0.0590 e. The minimum Gasteiger partial charge on any atom is -0.378 e. The Hall–Kier alpha value is -0.0800. The molecule has 1 aliphatic heterocycles. The van der Waals surface area contributed by atoms with Crippen LogP contribution in [0, 0.1) is 5.92 Å². The van der Waals surface area contributed by atoms with Gasteiger partial charge in [-0.2, -0.15) is 0 Å². The van der Waals surface area contributed by atoms with E-state index in [0.29, 0.717) is 18.1 Å². The van der Waals surface area contributed by atoms with Gasteiger partial charge in [-0.3, -0.25) is 0 Å². The lowest BCUT2D eigenvalue weighted by molar-refractivity contribution is 0.0984. The van der Waals surface area contributed by atoms with Crippen LogP contribution in [0.5, 0.6) is 0 Å². The molecule has 1 heterocycles. The van der Waals surface area contributed by atoms with Gasteiger partial charge in [-0.1, -0.05) is 71.1 Å². The van der Waals surface area contributed by atoms with Crippen molar-refractivity contribution in [2.75, 3.05) is 6.61 Å². The Morgan fingerprint density at radius 3 is 2.00 bits per heavy atom. The predicted molar refractivity (Wildman–Crippen MR) is 88.0 cm³/mol. The minimum atomic E-state index is 0.363. The molecule has 0 aliphatic carbocycles. The number of ether oxygens (including phenoxy) is 1. The number of nitrogens with two attached hydrogens (primary N) is 1. The first-order valence-electron chi connectivity index (χ1n) is 9.13. The van der Waals surface area contributed by atoms with Crippen LogP contribution in [-0.2, 0) is 4.74 Å². The third kappa shape index (κ3) is 7.64. The van der Waals surface area contributed by atoms with Gasteiger partial charge >= 0.3 is 0 Å². The lowest BCUT2D eigenvalue weighted by Gasteiger charge is -2.21. The van der Waals surface area contributed by atoms with Crippen molar-refractivity contribution >= 4 is 0 Å². The second-order valence-electron chi connectivity index (χ2n) is 6.66. The number of unbranched alkanes of at least 4 members (excludes halogenated alkanes) is 9. The molecular weight excluding hydrogens is 246 g/mol. The zero-order valence-corrected chi connectivity index (χ0v) is 13.9. The van der Waals surface area contributed by atoms with E-state index in [-0.39, 0.29) is 0 Å². The van der Waals surface area contributed by atoms with Crippen LogP contribution in [0.25, 0.3) is 0 Å². The highest BCUT2D eigenvalue weighted by Crippen LogP contribution is 2.25. The summed E-state index contributed by atoms with van der Waals surface area (Å²) in [5.41, 5.74) is 6.30. The first-order valence-corrected chi connectivity index (χ1v) is 9.13. The van der Waals surface area contributed by atoms with Gasteiger partial charge in [0.15, 0.2) is 0 Å². The third-order valence-corrected chi connectivity index (χ3v) is 4.88. The van der Waals surface area contributed by atoms with Gasteiger partial charge in [-0.25, -0.2) is 0 Å². The topological polar surface area (TPSA) is 35.2 Å². The molecule has 0 amide bonds. The van der Waals surface area contributed by atoms with Gasteiger partial charge in [0.25, 0.3) is 0 Å². The van der Waals surface area contributed by atoms with E-state index >= 15 is 0 Å². The van der Waals surface area contributed by atoms with Crippen molar-refractivity contribution in [1.29, 1.82) is 0 Å². The Bertz CT molecular complexity index is 219. The maximum absolute atomic E-state index is 6.30. The standard InChI is InChI=1S/C18H37NO/c1-3-4-5-6-7-8-9-10-11-12-13-18(19)17-14-15-20-16(17)2/h16-18H,3-15,19H2,1-2H3. The minimum absolute atomic E-state index is 0.363. The van der Waals surface area contributed by atoms with E-state index in [1.54, 1.807) is 0 Å². The zero-order valence-electron chi connectivity index (χ0n) is 13.9. The fourth-order valence-corrected chi connectivity index (χ4v) is 3.39. The average Bonchev–Trinajstić information content (AvgIpc) is 2.87. The van der Waals surface area contributed by atoms with Gasteiger partial charge in [0.1, 0.15) is 0 Å². The molecule has 1 aliphatic rings. The van der Waals surface area contributed by atoms with Crippen molar-refractivity contribution < 1.29 is 4.74 Å². The van der Waals surface area contributed by atoms with Gasteiger partial charge in [0.05, 0.1) is 6.10 Å². The van der Waals surface area contributed by atoms with E-state index in [2.05, 4.69) is 13.8 Å². The first kappa shape index (κ1) is 18.0. The van der Waals surface area contributed by atoms with Crippen LogP contribution in [0.4, 0.5) is 0 Å². The molecule has 0 radical (unpaired) electrons. The molecule has 120 valence electrons. The zero-order chi connectivity index (χ0) is 14.6. The van der Waals surface area contributed by atoms with Crippen LogP contribution in [0.1, 0.15) is 90.9 Å². The summed E-state index contributed by atoms with van der Waals surface area (Å²) >= 11 is 0. The fraction of sp³-hybridized carbons (Fsp3) is 1.00. The Morgan fingerprint density at radius 2 is 1.50 bits per heavy atom. The van der Waals surface area contributed by atoms with Crippen LogP contribution >= 0.6 is 0 Å². The molecule has 0 aromatic heterocycles. The number of rotatable bonds is 12. The largest absolute Gasteiger partial charge is 0.378 e. The normalized spacial score (nSPS) is 24.1. The maximum Gasteiger partial charge on any atom is 0.0590 e. The van der Waals surface area contributed by atoms with Crippen LogP contribution in [-0.4, -0.2) is 18.8 Å². The van der Waals surface area contributed by atoms with Gasteiger partial charge in [-0.15, -0.1) is 0 Å². The highest BCUT2D eigenvalue weighted by atomic mass is 16.5. The quantitative estimate of drug-likeness (QED) is 0.509. The molecule has 2 N–H and O–H groups in total. The molecule has 0 saturated carbocycles. The van der Waals surface area contributed by atoms with Gasteiger partial charge < -0.3 is 10.5 Å². The second kappa shape index (κ2) is 11.6. The monoisotopic (exact) mass is 283 g/mol. The van der Waals surface area contributed by atoms with E-state index in [4.69, 9.17) is 10.5 Å². The molecule has 3 atom stereocenters. The van der Waals surface area contributed by atoms with E-state index in [1.807, 2.05) is 0 Å². The summed E-state index contributed by atoms with van der Waals surface area (Å²) < 4.78 is 5.61. The number of hydrogen-bond acceptors (Lipinski definition) is 2. The summed E-state index contributed by atoms with van der Waals surface area (Å²) in [5, 5.41) is 0.